The minimum atomic E-state index is -1.66. The van der Waals surface area contributed by atoms with Crippen molar-refractivity contribution in [3.63, 3.8) is 0 Å². The number of rotatable bonds is 16. The summed E-state index contributed by atoms with van der Waals surface area (Å²) in [6.07, 6.45) is -0.135. The number of aliphatic hydroxyl groups is 1. The Hall–Kier alpha value is -5.91. The minimum Gasteiger partial charge on any atom is -0.494 e. The van der Waals surface area contributed by atoms with Gasteiger partial charge in [-0.25, -0.2) is 14.8 Å². The van der Waals surface area contributed by atoms with E-state index < -0.39 is 17.6 Å². The lowest BCUT2D eigenvalue weighted by molar-refractivity contribution is -0.130. The molecule has 4 aromatic carbocycles. The Morgan fingerprint density at radius 2 is 1.78 bits per heavy atom. The van der Waals surface area contributed by atoms with E-state index in [4.69, 9.17) is 25.1 Å². The predicted octanol–water partition coefficient (Wildman–Crippen LogP) is 6.70. The van der Waals surface area contributed by atoms with Gasteiger partial charge in [0, 0.05) is 47.1 Å². The van der Waals surface area contributed by atoms with E-state index in [1.165, 1.54) is 12.1 Å². The van der Waals surface area contributed by atoms with Crippen LogP contribution in [0.5, 0.6) is 5.75 Å². The number of nitrogens with one attached hydrogen (secondary N) is 2. The number of hydrazine groups is 1. The van der Waals surface area contributed by atoms with Gasteiger partial charge in [0.1, 0.15) is 11.6 Å². The van der Waals surface area contributed by atoms with E-state index in [0.717, 1.165) is 5.56 Å². The van der Waals surface area contributed by atoms with Crippen LogP contribution in [0.3, 0.4) is 0 Å². The zero-order valence-corrected chi connectivity index (χ0v) is 26.4. The summed E-state index contributed by atoms with van der Waals surface area (Å²) in [6.45, 7) is 0.643. The first-order valence-corrected chi connectivity index (χ1v) is 15.6. The summed E-state index contributed by atoms with van der Waals surface area (Å²) >= 11 is 0. The van der Waals surface area contributed by atoms with Gasteiger partial charge in [-0.1, -0.05) is 70.9 Å². The maximum Gasteiger partial charge on any atom is 0.266 e. The molecule has 0 saturated carbocycles. The molecule has 1 amide bonds. The number of carbonyl (C=O) groups excluding carboxylic acids is 1. The zero-order valence-electron chi connectivity index (χ0n) is 26.4. The van der Waals surface area contributed by atoms with Crippen LogP contribution in [0.2, 0.25) is 0 Å². The van der Waals surface area contributed by atoms with Crippen LogP contribution in [0.4, 0.5) is 10.1 Å². The van der Waals surface area contributed by atoms with E-state index in [-0.39, 0.29) is 37.8 Å². The first kappa shape index (κ1) is 34.4. The van der Waals surface area contributed by atoms with Crippen LogP contribution in [0.15, 0.2) is 112 Å². The molecule has 0 unspecified atom stereocenters. The van der Waals surface area contributed by atoms with E-state index in [1.54, 1.807) is 84.9 Å². The molecule has 0 spiro atoms. The number of halogens is 1. The van der Waals surface area contributed by atoms with Crippen molar-refractivity contribution in [1.29, 1.82) is 0 Å². The number of hydrogen-bond acceptors (Lipinski definition) is 8. The maximum atomic E-state index is 14.5. The van der Waals surface area contributed by atoms with Crippen molar-refractivity contribution < 1.29 is 23.8 Å². The maximum absolute atomic E-state index is 14.5. The van der Waals surface area contributed by atoms with Gasteiger partial charge in [0.05, 0.1) is 13.2 Å². The summed E-state index contributed by atoms with van der Waals surface area (Å²) in [4.78, 5) is 25.4. The van der Waals surface area contributed by atoms with Crippen LogP contribution in [-0.4, -0.2) is 42.2 Å². The second kappa shape index (κ2) is 16.8. The lowest BCUT2D eigenvalue weighted by atomic mass is 9.80. The number of azide groups is 2. The first-order chi connectivity index (χ1) is 24.0. The summed E-state index contributed by atoms with van der Waals surface area (Å²) in [7, 11) is 0. The van der Waals surface area contributed by atoms with Crippen molar-refractivity contribution in [1.82, 2.24) is 10.9 Å². The Labute approximate surface area is 281 Å². The van der Waals surface area contributed by atoms with Gasteiger partial charge >= 0.3 is 0 Å². The van der Waals surface area contributed by atoms with Crippen LogP contribution >= 0.6 is 0 Å². The van der Waals surface area contributed by atoms with E-state index in [0.29, 0.717) is 53.1 Å². The van der Waals surface area contributed by atoms with E-state index in [2.05, 4.69) is 30.9 Å². The average Bonchev–Trinajstić information content (AvgIpc) is 3.51. The summed E-state index contributed by atoms with van der Waals surface area (Å²) in [5, 5.41) is 16.7. The SMILES string of the molecule is [N-]=[N+]=NCc1ccccc1[C@@H]1OC(c2ccc(OCCCO)cc2)=N[C@]1(Cc1ccccc1N=[N+]=[N-])C(=O)NNCCc1cccc(F)c1. The fraction of sp³-hybridized carbons (Fsp3) is 0.257. The van der Waals surface area contributed by atoms with Gasteiger partial charge < -0.3 is 14.6 Å². The number of hydrogen-bond donors (Lipinski definition) is 3. The fourth-order valence-electron chi connectivity index (χ4n) is 5.55. The highest BCUT2D eigenvalue weighted by Crippen LogP contribution is 2.44. The number of amides is 1. The third-order valence-corrected chi connectivity index (χ3v) is 7.91. The van der Waals surface area contributed by atoms with Gasteiger partial charge in [-0.15, -0.1) is 0 Å². The number of aliphatic hydroxyl groups excluding tert-OH is 1. The molecule has 250 valence electrons. The van der Waals surface area contributed by atoms with Gasteiger partial charge in [0.15, 0.2) is 11.6 Å². The molecule has 1 aliphatic rings. The zero-order chi connectivity index (χ0) is 34.5. The average molecular weight is 664 g/mol. The van der Waals surface area contributed by atoms with Crippen molar-refractivity contribution >= 4 is 17.5 Å². The molecular weight excluding hydrogens is 629 g/mol. The van der Waals surface area contributed by atoms with Crippen molar-refractivity contribution in [3.8, 4) is 5.75 Å². The van der Waals surface area contributed by atoms with Gasteiger partial charge in [-0.3, -0.25) is 10.2 Å². The number of aliphatic imine (C=N–C) groups is 1. The third-order valence-electron chi connectivity index (χ3n) is 7.91. The summed E-state index contributed by atoms with van der Waals surface area (Å²) in [5.41, 5.74) is 25.9. The van der Waals surface area contributed by atoms with Gasteiger partial charge in [0.25, 0.3) is 5.91 Å². The molecule has 49 heavy (non-hydrogen) atoms. The molecule has 0 bridgehead atoms. The summed E-state index contributed by atoms with van der Waals surface area (Å²) in [5.74, 6) is -0.121. The van der Waals surface area contributed by atoms with E-state index >= 15 is 0 Å². The lowest BCUT2D eigenvalue weighted by Gasteiger charge is -2.32. The van der Waals surface area contributed by atoms with Crippen LogP contribution < -0.4 is 15.6 Å². The molecule has 0 saturated heterocycles. The largest absolute Gasteiger partial charge is 0.494 e. The molecule has 0 radical (unpaired) electrons. The van der Waals surface area contributed by atoms with Gasteiger partial charge in [-0.05, 0) is 76.1 Å². The predicted molar refractivity (Wildman–Crippen MR) is 181 cm³/mol. The Bertz CT molecular complexity index is 1890. The van der Waals surface area contributed by atoms with E-state index in [9.17, 15) is 14.7 Å². The number of benzene rings is 4. The smallest absolute Gasteiger partial charge is 0.266 e. The summed E-state index contributed by atoms with van der Waals surface area (Å²) < 4.78 is 26.0. The molecule has 1 aliphatic heterocycles. The highest BCUT2D eigenvalue weighted by molar-refractivity contribution is 6.01. The first-order valence-electron chi connectivity index (χ1n) is 15.6. The molecule has 13 nitrogen and oxygen atoms in total. The van der Waals surface area contributed by atoms with Crippen molar-refractivity contribution in [2.24, 2.45) is 15.2 Å². The van der Waals surface area contributed by atoms with Crippen molar-refractivity contribution in [2.75, 3.05) is 19.8 Å². The van der Waals surface area contributed by atoms with Gasteiger partial charge in [-0.2, -0.15) is 0 Å². The standard InChI is InChI=1S/C35H34FN9O4/c36-28-10-5-7-24(21-28)17-18-39-43-34(47)35(22-26-8-2-4-12-31(26)42-45-38)32(30-11-3-1-9-27(30)23-40-44-37)49-33(41-35)25-13-15-29(16-14-25)48-20-6-19-46/h1-5,7-16,21,32,39,46H,6,17-20,22-23H2,(H,43,47)/t32-,35-/m0/s1. The van der Waals surface area contributed by atoms with Gasteiger partial charge in [0.2, 0.25) is 5.90 Å². The Morgan fingerprint density at radius 3 is 2.53 bits per heavy atom. The highest BCUT2D eigenvalue weighted by Gasteiger charge is 2.54. The minimum absolute atomic E-state index is 0.000634. The molecule has 3 N–H and O–H groups in total. The van der Waals surface area contributed by atoms with Crippen LogP contribution in [0, 0.1) is 5.82 Å². The molecular formula is C35H34FN9O4. The van der Waals surface area contributed by atoms with Crippen molar-refractivity contribution in [2.45, 2.75) is 37.5 Å². The molecule has 5 rings (SSSR count). The molecule has 4 aromatic rings. The molecule has 0 fully saturated rings. The van der Waals surface area contributed by atoms with Crippen LogP contribution in [0.25, 0.3) is 20.9 Å². The number of carbonyl (C=O) groups is 1. The normalized spacial score (nSPS) is 16.4. The van der Waals surface area contributed by atoms with E-state index in [1.807, 2.05) is 0 Å². The molecule has 2 atom stereocenters. The fourth-order valence-corrected chi connectivity index (χ4v) is 5.55. The monoisotopic (exact) mass is 663 g/mol. The highest BCUT2D eigenvalue weighted by atomic mass is 19.1. The van der Waals surface area contributed by atoms with Crippen LogP contribution in [-0.2, 0) is 28.9 Å². The Balaban J connectivity index is 1.57. The van der Waals surface area contributed by atoms with Crippen molar-refractivity contribution in [3.05, 3.63) is 152 Å². The molecule has 0 aliphatic carbocycles. The topological polar surface area (TPSA) is 190 Å². The second-order valence-electron chi connectivity index (χ2n) is 11.1. The molecule has 14 heteroatoms. The van der Waals surface area contributed by atoms with Crippen LogP contribution in [0.1, 0.15) is 40.3 Å². The lowest BCUT2D eigenvalue weighted by Crippen LogP contribution is -2.54. The number of ether oxygens (including phenoxy) is 2. The third kappa shape index (κ3) is 8.52. The number of nitrogens with zero attached hydrogens (tertiary/aromatic N) is 7. The Kier molecular flexibility index (Phi) is 11.8. The quantitative estimate of drug-likeness (QED) is 0.0394. The molecule has 1 heterocycles. The molecule has 0 aromatic heterocycles. The second-order valence-corrected chi connectivity index (χ2v) is 11.1. The Morgan fingerprint density at radius 1 is 1.00 bits per heavy atom. The summed E-state index contributed by atoms with van der Waals surface area (Å²) in [6, 6.07) is 27.3.